The molecule has 0 spiro atoms. The molecule has 2 aromatic carbocycles. The Hall–Kier alpha value is -2.13. The van der Waals surface area contributed by atoms with Crippen LogP contribution in [0, 0.1) is 0 Å². The minimum atomic E-state index is 0.189. The van der Waals surface area contributed by atoms with Gasteiger partial charge in [-0.25, -0.2) is 0 Å². The van der Waals surface area contributed by atoms with E-state index in [9.17, 15) is 4.79 Å². The predicted molar refractivity (Wildman–Crippen MR) is 107 cm³/mol. The van der Waals surface area contributed by atoms with Crippen molar-refractivity contribution in [3.05, 3.63) is 71.3 Å². The van der Waals surface area contributed by atoms with Gasteiger partial charge in [0.2, 0.25) is 5.91 Å². The lowest BCUT2D eigenvalue weighted by molar-refractivity contribution is -0.132. The molecule has 0 bridgehead atoms. The summed E-state index contributed by atoms with van der Waals surface area (Å²) in [4.78, 5) is 14.3. The summed E-state index contributed by atoms with van der Waals surface area (Å²) in [6.07, 6.45) is 4.51. The molecule has 1 aliphatic rings. The fourth-order valence-electron chi connectivity index (χ4n) is 4.11. The Kier molecular flexibility index (Phi) is 6.45. The summed E-state index contributed by atoms with van der Waals surface area (Å²) in [5, 5.41) is 3.19. The molecule has 0 atom stereocenters. The average molecular weight is 351 g/mol. The van der Waals surface area contributed by atoms with Gasteiger partial charge in [0.1, 0.15) is 0 Å². The maximum absolute atomic E-state index is 12.2. The minimum absolute atomic E-state index is 0.189. The zero-order valence-electron chi connectivity index (χ0n) is 15.9. The van der Waals surface area contributed by atoms with Crippen LogP contribution in [-0.2, 0) is 17.9 Å². The lowest BCUT2D eigenvalue weighted by Gasteiger charge is -2.37. The minimum Gasteiger partial charge on any atom is -0.336 e. The molecule has 1 amide bonds. The predicted octanol–water partition coefficient (Wildman–Crippen LogP) is 4.48. The van der Waals surface area contributed by atoms with Crippen LogP contribution in [0.2, 0.25) is 0 Å². The summed E-state index contributed by atoms with van der Waals surface area (Å²) in [6.45, 7) is 3.35. The van der Waals surface area contributed by atoms with Crippen molar-refractivity contribution in [1.29, 1.82) is 0 Å². The molecule has 2 aromatic rings. The average Bonchev–Trinajstić information content (AvgIpc) is 2.68. The second-order valence-electron chi connectivity index (χ2n) is 7.41. The second kappa shape index (κ2) is 9.00. The lowest BCUT2D eigenvalue weighted by atomic mass is 9.81. The van der Waals surface area contributed by atoms with E-state index in [2.05, 4.69) is 46.6 Å². The number of carbonyl (C=O) groups excluding carboxylic acids is 1. The summed E-state index contributed by atoms with van der Waals surface area (Å²) in [6, 6.07) is 19.7. The highest BCUT2D eigenvalue weighted by atomic mass is 16.2. The second-order valence-corrected chi connectivity index (χ2v) is 7.41. The standard InChI is InChI=1S/C23H30N2O/c1-18(26)25(17-20-6-4-3-5-7-20)23-14-12-22(13-15-23)21-10-8-19(9-11-21)16-24-2/h3-11,22-24H,12-17H2,1-2H3. The monoisotopic (exact) mass is 350 g/mol. The van der Waals surface area contributed by atoms with E-state index in [1.807, 2.05) is 25.2 Å². The summed E-state index contributed by atoms with van der Waals surface area (Å²) >= 11 is 0. The quantitative estimate of drug-likeness (QED) is 0.833. The van der Waals surface area contributed by atoms with Gasteiger partial charge in [-0.3, -0.25) is 4.79 Å². The van der Waals surface area contributed by atoms with Crippen molar-refractivity contribution in [1.82, 2.24) is 10.2 Å². The molecule has 0 aliphatic heterocycles. The number of rotatable bonds is 6. The number of nitrogens with zero attached hydrogens (tertiary/aromatic N) is 1. The van der Waals surface area contributed by atoms with Crippen LogP contribution in [0.1, 0.15) is 55.2 Å². The number of hydrogen-bond donors (Lipinski definition) is 1. The Morgan fingerprint density at radius 1 is 0.962 bits per heavy atom. The van der Waals surface area contributed by atoms with Gasteiger partial charge in [0.05, 0.1) is 0 Å². The molecule has 3 rings (SSSR count). The Bertz CT molecular complexity index is 688. The molecule has 0 heterocycles. The molecule has 138 valence electrons. The van der Waals surface area contributed by atoms with Crippen LogP contribution in [0.4, 0.5) is 0 Å². The molecule has 26 heavy (non-hydrogen) atoms. The van der Waals surface area contributed by atoms with Crippen molar-refractivity contribution in [3.63, 3.8) is 0 Å². The zero-order chi connectivity index (χ0) is 18.4. The summed E-state index contributed by atoms with van der Waals surface area (Å²) in [5.74, 6) is 0.814. The molecule has 3 nitrogen and oxygen atoms in total. The van der Waals surface area contributed by atoms with Crippen molar-refractivity contribution >= 4 is 5.91 Å². The highest BCUT2D eigenvalue weighted by Crippen LogP contribution is 2.35. The number of benzene rings is 2. The Labute approximate surface area is 157 Å². The molecule has 1 aliphatic carbocycles. The molecule has 3 heteroatoms. The first-order valence-electron chi connectivity index (χ1n) is 9.72. The Morgan fingerprint density at radius 3 is 2.19 bits per heavy atom. The smallest absolute Gasteiger partial charge is 0.219 e. The SMILES string of the molecule is CNCc1ccc(C2CCC(N(Cc3ccccc3)C(C)=O)CC2)cc1. The number of nitrogens with one attached hydrogen (secondary N) is 1. The number of carbonyl (C=O) groups is 1. The van der Waals surface area contributed by atoms with E-state index in [1.54, 1.807) is 6.92 Å². The van der Waals surface area contributed by atoms with E-state index in [-0.39, 0.29) is 5.91 Å². The molecule has 1 N–H and O–H groups in total. The van der Waals surface area contributed by atoms with Crippen molar-refractivity contribution in [2.75, 3.05) is 7.05 Å². The van der Waals surface area contributed by atoms with Gasteiger partial charge in [0.25, 0.3) is 0 Å². The third-order valence-corrected chi connectivity index (χ3v) is 5.57. The van der Waals surface area contributed by atoms with Gasteiger partial charge in [-0.1, -0.05) is 54.6 Å². The van der Waals surface area contributed by atoms with Crippen molar-refractivity contribution in [2.24, 2.45) is 0 Å². The molecular weight excluding hydrogens is 320 g/mol. The van der Waals surface area contributed by atoms with Crippen molar-refractivity contribution in [3.8, 4) is 0 Å². The maximum Gasteiger partial charge on any atom is 0.219 e. The first-order valence-corrected chi connectivity index (χ1v) is 9.72. The van der Waals surface area contributed by atoms with E-state index in [0.717, 1.165) is 38.8 Å². The molecule has 0 saturated heterocycles. The fourth-order valence-corrected chi connectivity index (χ4v) is 4.11. The van der Waals surface area contributed by atoms with Gasteiger partial charge in [-0.2, -0.15) is 0 Å². The third-order valence-electron chi connectivity index (χ3n) is 5.57. The van der Waals surface area contributed by atoms with E-state index in [1.165, 1.54) is 16.7 Å². The first-order chi connectivity index (χ1) is 12.7. The van der Waals surface area contributed by atoms with Crippen LogP contribution in [0.3, 0.4) is 0 Å². The normalized spacial score (nSPS) is 19.9. The molecular formula is C23H30N2O. The largest absolute Gasteiger partial charge is 0.336 e. The summed E-state index contributed by atoms with van der Waals surface area (Å²) in [5.41, 5.74) is 3.99. The third kappa shape index (κ3) is 4.73. The zero-order valence-corrected chi connectivity index (χ0v) is 15.9. The molecule has 0 unspecified atom stereocenters. The summed E-state index contributed by atoms with van der Waals surface area (Å²) < 4.78 is 0. The van der Waals surface area contributed by atoms with Gasteiger partial charge < -0.3 is 10.2 Å². The highest BCUT2D eigenvalue weighted by Gasteiger charge is 2.28. The van der Waals surface area contributed by atoms with Gasteiger partial charge in [-0.05, 0) is 55.3 Å². The van der Waals surface area contributed by atoms with Crippen LogP contribution in [0.25, 0.3) is 0 Å². The number of hydrogen-bond acceptors (Lipinski definition) is 2. The Balaban J connectivity index is 1.59. The van der Waals surface area contributed by atoms with E-state index in [4.69, 9.17) is 0 Å². The lowest BCUT2D eigenvalue weighted by Crippen LogP contribution is -2.40. The van der Waals surface area contributed by atoms with Gasteiger partial charge in [0.15, 0.2) is 0 Å². The van der Waals surface area contributed by atoms with Crippen LogP contribution in [0.5, 0.6) is 0 Å². The van der Waals surface area contributed by atoms with Crippen molar-refractivity contribution in [2.45, 2.75) is 57.7 Å². The topological polar surface area (TPSA) is 32.3 Å². The Morgan fingerprint density at radius 2 is 1.62 bits per heavy atom. The van der Waals surface area contributed by atoms with Gasteiger partial charge >= 0.3 is 0 Å². The fraction of sp³-hybridized carbons (Fsp3) is 0.435. The van der Waals surface area contributed by atoms with E-state index < -0.39 is 0 Å². The van der Waals surface area contributed by atoms with Crippen molar-refractivity contribution < 1.29 is 4.79 Å². The first kappa shape index (κ1) is 18.7. The maximum atomic E-state index is 12.2. The van der Waals surface area contributed by atoms with Crippen LogP contribution in [-0.4, -0.2) is 23.9 Å². The molecule has 0 radical (unpaired) electrons. The van der Waals surface area contributed by atoms with Crippen LogP contribution < -0.4 is 5.32 Å². The highest BCUT2D eigenvalue weighted by molar-refractivity contribution is 5.73. The molecule has 1 saturated carbocycles. The summed E-state index contributed by atoms with van der Waals surface area (Å²) in [7, 11) is 1.98. The van der Waals surface area contributed by atoms with E-state index in [0.29, 0.717) is 12.0 Å². The van der Waals surface area contributed by atoms with Crippen LogP contribution in [0.15, 0.2) is 54.6 Å². The van der Waals surface area contributed by atoms with Crippen LogP contribution >= 0.6 is 0 Å². The molecule has 1 fully saturated rings. The van der Waals surface area contributed by atoms with Gasteiger partial charge in [-0.15, -0.1) is 0 Å². The van der Waals surface area contributed by atoms with E-state index >= 15 is 0 Å². The number of amides is 1. The van der Waals surface area contributed by atoms with Gasteiger partial charge in [0, 0.05) is 26.1 Å². The molecule has 0 aromatic heterocycles.